The van der Waals surface area contributed by atoms with Crippen molar-refractivity contribution in [2.45, 2.75) is 19.2 Å². The number of aliphatic hydroxyl groups excluding tert-OH is 1. The lowest BCUT2D eigenvalue weighted by molar-refractivity contribution is -0.137. The van der Waals surface area contributed by atoms with Gasteiger partial charge in [-0.25, -0.2) is 4.79 Å². The lowest BCUT2D eigenvalue weighted by atomic mass is 10.2. The molecule has 1 aromatic carbocycles. The summed E-state index contributed by atoms with van der Waals surface area (Å²) >= 11 is 0. The minimum atomic E-state index is -4.37. The van der Waals surface area contributed by atoms with Crippen LogP contribution in [0.3, 0.4) is 0 Å². The van der Waals surface area contributed by atoms with Gasteiger partial charge in [-0.15, -0.1) is 0 Å². The molecule has 0 saturated heterocycles. The summed E-state index contributed by atoms with van der Waals surface area (Å²) in [5.74, 6) is 0.286. The molecule has 0 aromatic heterocycles. The molecule has 1 aromatic rings. The molecule has 8 heteroatoms. The zero-order valence-electron chi connectivity index (χ0n) is 11.4. The van der Waals surface area contributed by atoms with Crippen LogP contribution in [0, 0.1) is 0 Å². The van der Waals surface area contributed by atoms with Gasteiger partial charge in [0.05, 0.1) is 18.2 Å². The Morgan fingerprint density at radius 2 is 1.90 bits per heavy atom. The van der Waals surface area contributed by atoms with Gasteiger partial charge < -0.3 is 20.5 Å². The van der Waals surface area contributed by atoms with E-state index in [1.54, 1.807) is 0 Å². The number of carbonyl (C=O) groups is 1. The molecule has 1 atom stereocenters. The Hall–Kier alpha value is -1.96. The molecule has 0 unspecified atom stereocenters. The number of hydrogen-bond donors (Lipinski definition) is 3. The largest absolute Gasteiger partial charge is 0.492 e. The Labute approximate surface area is 120 Å². The first-order chi connectivity index (χ1) is 9.79. The van der Waals surface area contributed by atoms with E-state index in [-0.39, 0.29) is 25.4 Å². The van der Waals surface area contributed by atoms with Crippen molar-refractivity contribution in [3.8, 4) is 5.75 Å². The highest BCUT2D eigenvalue weighted by Crippen LogP contribution is 2.30. The third-order valence-corrected chi connectivity index (χ3v) is 2.40. The van der Waals surface area contributed by atoms with Crippen molar-refractivity contribution in [1.29, 1.82) is 0 Å². The number of nitrogens with one attached hydrogen (secondary N) is 2. The summed E-state index contributed by atoms with van der Waals surface area (Å²) in [5.41, 5.74) is -0.745. The third-order valence-electron chi connectivity index (χ3n) is 2.40. The first-order valence-corrected chi connectivity index (χ1v) is 6.29. The number of amides is 2. The Balaban J connectivity index is 2.25. The number of hydrogen-bond acceptors (Lipinski definition) is 3. The van der Waals surface area contributed by atoms with E-state index in [1.807, 2.05) is 0 Å². The maximum absolute atomic E-state index is 12.3. The molecule has 5 nitrogen and oxygen atoms in total. The molecule has 0 saturated carbocycles. The van der Waals surface area contributed by atoms with Gasteiger partial charge in [0, 0.05) is 6.54 Å². The van der Waals surface area contributed by atoms with Gasteiger partial charge in [0.1, 0.15) is 12.4 Å². The van der Waals surface area contributed by atoms with Crippen molar-refractivity contribution in [2.75, 3.05) is 19.7 Å². The molecule has 0 bridgehead atoms. The number of halogens is 3. The van der Waals surface area contributed by atoms with Crippen molar-refractivity contribution >= 4 is 6.03 Å². The van der Waals surface area contributed by atoms with E-state index in [9.17, 15) is 18.0 Å². The molecule has 0 aliphatic carbocycles. The van der Waals surface area contributed by atoms with Gasteiger partial charge >= 0.3 is 12.2 Å². The quantitative estimate of drug-likeness (QED) is 0.701. The average Bonchev–Trinajstić information content (AvgIpc) is 2.41. The molecule has 0 heterocycles. The smallest absolute Gasteiger partial charge is 0.416 e. The fraction of sp³-hybridized carbons (Fsp3) is 0.462. The Kier molecular flexibility index (Phi) is 6.29. The van der Waals surface area contributed by atoms with Gasteiger partial charge in [-0.05, 0) is 31.2 Å². The number of rotatable bonds is 6. The third kappa shape index (κ3) is 6.84. The predicted molar refractivity (Wildman–Crippen MR) is 70.0 cm³/mol. The summed E-state index contributed by atoms with van der Waals surface area (Å²) in [6.45, 7) is 1.97. The number of aliphatic hydroxyl groups is 1. The van der Waals surface area contributed by atoms with Crippen LogP contribution in [-0.2, 0) is 6.18 Å². The predicted octanol–water partition coefficient (Wildman–Crippen LogP) is 1.76. The summed E-state index contributed by atoms with van der Waals surface area (Å²) in [6, 6.07) is 3.84. The Morgan fingerprint density at radius 3 is 2.43 bits per heavy atom. The van der Waals surface area contributed by atoms with Crippen LogP contribution >= 0.6 is 0 Å². The summed E-state index contributed by atoms with van der Waals surface area (Å²) in [6.07, 6.45) is -5.01. The van der Waals surface area contributed by atoms with Gasteiger partial charge in [0.2, 0.25) is 0 Å². The topological polar surface area (TPSA) is 70.6 Å². The summed E-state index contributed by atoms with van der Waals surface area (Å²) in [5, 5.41) is 13.9. The van der Waals surface area contributed by atoms with Crippen molar-refractivity contribution in [1.82, 2.24) is 10.6 Å². The first-order valence-electron chi connectivity index (χ1n) is 6.29. The second kappa shape index (κ2) is 7.72. The molecule has 21 heavy (non-hydrogen) atoms. The Bertz CT molecular complexity index is 447. The summed E-state index contributed by atoms with van der Waals surface area (Å²) < 4.78 is 42.2. The van der Waals surface area contributed by atoms with E-state index < -0.39 is 23.9 Å². The zero-order chi connectivity index (χ0) is 15.9. The molecule has 0 fully saturated rings. The number of urea groups is 1. The van der Waals surface area contributed by atoms with Crippen molar-refractivity contribution in [3.05, 3.63) is 29.8 Å². The minimum Gasteiger partial charge on any atom is -0.492 e. The number of carbonyl (C=O) groups excluding carboxylic acids is 1. The standard InChI is InChI=1S/C13H17F3N2O3/c1-9(19)8-18-12(20)17-6-7-21-11-4-2-10(3-5-11)13(14,15)16/h2-5,9,19H,6-8H2,1H3,(H2,17,18,20)/t9-/m1/s1. The molecule has 0 spiro atoms. The van der Waals surface area contributed by atoms with Gasteiger partial charge in [-0.2, -0.15) is 13.2 Å². The lowest BCUT2D eigenvalue weighted by Gasteiger charge is -2.11. The maximum atomic E-state index is 12.3. The van der Waals surface area contributed by atoms with Crippen LogP contribution in [0.4, 0.5) is 18.0 Å². The normalized spacial score (nSPS) is 12.6. The van der Waals surface area contributed by atoms with Crippen LogP contribution in [-0.4, -0.2) is 36.9 Å². The maximum Gasteiger partial charge on any atom is 0.416 e. The molecule has 3 N–H and O–H groups in total. The van der Waals surface area contributed by atoms with E-state index in [1.165, 1.54) is 19.1 Å². The Morgan fingerprint density at radius 1 is 1.29 bits per heavy atom. The molecule has 0 radical (unpaired) electrons. The molecule has 0 aliphatic rings. The second-order valence-corrected chi connectivity index (χ2v) is 4.36. The molecule has 118 valence electrons. The highest BCUT2D eigenvalue weighted by Gasteiger charge is 2.29. The van der Waals surface area contributed by atoms with Crippen molar-refractivity contribution in [3.63, 3.8) is 0 Å². The highest BCUT2D eigenvalue weighted by molar-refractivity contribution is 5.73. The lowest BCUT2D eigenvalue weighted by Crippen LogP contribution is -2.40. The molecular formula is C13H17F3N2O3. The fourth-order valence-corrected chi connectivity index (χ4v) is 1.38. The minimum absolute atomic E-state index is 0.119. The first kappa shape index (κ1) is 17.1. The van der Waals surface area contributed by atoms with E-state index in [0.29, 0.717) is 0 Å². The van der Waals surface area contributed by atoms with Gasteiger partial charge in [0.15, 0.2) is 0 Å². The van der Waals surface area contributed by atoms with E-state index >= 15 is 0 Å². The van der Waals surface area contributed by atoms with Crippen LogP contribution in [0.2, 0.25) is 0 Å². The number of ether oxygens (including phenoxy) is 1. The van der Waals surface area contributed by atoms with Crippen LogP contribution in [0.5, 0.6) is 5.75 Å². The molecule has 2 amide bonds. The van der Waals surface area contributed by atoms with Gasteiger partial charge in [-0.1, -0.05) is 0 Å². The second-order valence-electron chi connectivity index (χ2n) is 4.36. The van der Waals surface area contributed by atoms with Crippen LogP contribution < -0.4 is 15.4 Å². The summed E-state index contributed by atoms with van der Waals surface area (Å²) in [4.78, 5) is 11.2. The summed E-state index contributed by atoms with van der Waals surface area (Å²) in [7, 11) is 0. The zero-order valence-corrected chi connectivity index (χ0v) is 11.4. The van der Waals surface area contributed by atoms with Crippen LogP contribution in [0.1, 0.15) is 12.5 Å². The fourth-order valence-electron chi connectivity index (χ4n) is 1.38. The van der Waals surface area contributed by atoms with E-state index in [2.05, 4.69) is 10.6 Å². The molecular weight excluding hydrogens is 289 g/mol. The van der Waals surface area contributed by atoms with E-state index in [4.69, 9.17) is 9.84 Å². The van der Waals surface area contributed by atoms with Gasteiger partial charge in [0.25, 0.3) is 0 Å². The van der Waals surface area contributed by atoms with Gasteiger partial charge in [-0.3, -0.25) is 0 Å². The van der Waals surface area contributed by atoms with Crippen LogP contribution in [0.25, 0.3) is 0 Å². The van der Waals surface area contributed by atoms with E-state index in [0.717, 1.165) is 12.1 Å². The SMILES string of the molecule is C[C@@H](O)CNC(=O)NCCOc1ccc(C(F)(F)F)cc1. The van der Waals surface area contributed by atoms with Crippen LogP contribution in [0.15, 0.2) is 24.3 Å². The highest BCUT2D eigenvalue weighted by atomic mass is 19.4. The number of alkyl halides is 3. The monoisotopic (exact) mass is 306 g/mol. The molecule has 1 rings (SSSR count). The van der Waals surface area contributed by atoms with Crippen molar-refractivity contribution < 1.29 is 27.8 Å². The average molecular weight is 306 g/mol. The molecule has 0 aliphatic heterocycles. The van der Waals surface area contributed by atoms with Crippen molar-refractivity contribution in [2.24, 2.45) is 0 Å². The number of benzene rings is 1.